The highest BCUT2D eigenvalue weighted by molar-refractivity contribution is 5.01. The third kappa shape index (κ3) is 2.35. The summed E-state index contributed by atoms with van der Waals surface area (Å²) < 4.78 is 5.22. The highest BCUT2D eigenvalue weighted by atomic mass is 16.5. The molecule has 2 unspecified atom stereocenters. The lowest BCUT2D eigenvalue weighted by molar-refractivity contribution is 0.0931. The van der Waals surface area contributed by atoms with Gasteiger partial charge in [-0.1, -0.05) is 6.92 Å². The van der Waals surface area contributed by atoms with Gasteiger partial charge in [0.2, 0.25) is 0 Å². The molecule has 2 saturated heterocycles. The molecular formula is C12H24N2O. The molecule has 0 radical (unpaired) electrons. The fraction of sp³-hybridized carbons (Fsp3) is 1.00. The second-order valence-electron chi connectivity index (χ2n) is 5.26. The summed E-state index contributed by atoms with van der Waals surface area (Å²) in [6, 6.07) is 0. The monoisotopic (exact) mass is 212 g/mol. The summed E-state index contributed by atoms with van der Waals surface area (Å²) in [5.74, 6) is 0.658. The first kappa shape index (κ1) is 11.4. The molecule has 1 spiro atoms. The van der Waals surface area contributed by atoms with E-state index in [9.17, 15) is 0 Å². The third-order valence-corrected chi connectivity index (χ3v) is 3.95. The predicted molar refractivity (Wildman–Crippen MR) is 62.1 cm³/mol. The lowest BCUT2D eigenvalue weighted by atomic mass is 9.94. The topological polar surface area (TPSA) is 24.5 Å². The Morgan fingerprint density at radius 2 is 2.33 bits per heavy atom. The summed E-state index contributed by atoms with van der Waals surface area (Å²) in [5.41, 5.74) is 0.502. The van der Waals surface area contributed by atoms with Gasteiger partial charge in [0.1, 0.15) is 0 Å². The number of methoxy groups -OCH3 is 1. The second kappa shape index (κ2) is 4.81. The van der Waals surface area contributed by atoms with E-state index >= 15 is 0 Å². The molecule has 0 aliphatic carbocycles. The Morgan fingerprint density at radius 3 is 3.00 bits per heavy atom. The van der Waals surface area contributed by atoms with Crippen molar-refractivity contribution >= 4 is 0 Å². The Bertz CT molecular complexity index is 196. The van der Waals surface area contributed by atoms with E-state index in [1.807, 2.05) is 0 Å². The van der Waals surface area contributed by atoms with Crippen LogP contribution >= 0.6 is 0 Å². The van der Waals surface area contributed by atoms with Crippen LogP contribution in [0.3, 0.4) is 0 Å². The molecule has 2 aliphatic rings. The number of nitrogens with one attached hydrogen (secondary N) is 1. The average molecular weight is 212 g/mol. The molecule has 3 nitrogen and oxygen atoms in total. The van der Waals surface area contributed by atoms with E-state index in [0.717, 1.165) is 6.61 Å². The maximum atomic E-state index is 5.22. The van der Waals surface area contributed by atoms with Crippen LogP contribution in [0.1, 0.15) is 26.2 Å². The van der Waals surface area contributed by atoms with Crippen molar-refractivity contribution < 1.29 is 4.74 Å². The van der Waals surface area contributed by atoms with Gasteiger partial charge in [-0.15, -0.1) is 0 Å². The summed E-state index contributed by atoms with van der Waals surface area (Å²) in [6.45, 7) is 8.07. The van der Waals surface area contributed by atoms with E-state index in [4.69, 9.17) is 4.74 Å². The van der Waals surface area contributed by atoms with Gasteiger partial charge in [0, 0.05) is 32.3 Å². The maximum absolute atomic E-state index is 5.22. The normalized spacial score (nSPS) is 34.0. The molecule has 2 heterocycles. The minimum atomic E-state index is 0.502. The molecule has 1 N–H and O–H groups in total. The second-order valence-corrected chi connectivity index (χ2v) is 5.26. The highest BCUT2D eigenvalue weighted by Crippen LogP contribution is 2.34. The van der Waals surface area contributed by atoms with Gasteiger partial charge in [0.15, 0.2) is 0 Å². The molecule has 0 aromatic carbocycles. The first-order valence-electron chi connectivity index (χ1n) is 6.21. The molecule has 2 aliphatic heterocycles. The van der Waals surface area contributed by atoms with Gasteiger partial charge in [-0.05, 0) is 38.3 Å². The first-order chi connectivity index (χ1) is 7.27. The number of hydrogen-bond donors (Lipinski definition) is 1. The van der Waals surface area contributed by atoms with E-state index in [2.05, 4.69) is 17.1 Å². The van der Waals surface area contributed by atoms with E-state index < -0.39 is 0 Å². The standard InChI is InChI=1S/C12H24N2O/c1-11(9-15-2)8-14-7-3-4-12(14)5-6-13-10-12/h11,13H,3-10H2,1-2H3. The predicted octanol–water partition coefficient (Wildman–Crippen LogP) is 1.10. The van der Waals surface area contributed by atoms with Crippen LogP contribution in [-0.4, -0.2) is 50.3 Å². The van der Waals surface area contributed by atoms with Crippen LogP contribution in [-0.2, 0) is 4.74 Å². The molecule has 2 fully saturated rings. The van der Waals surface area contributed by atoms with Crippen molar-refractivity contribution in [3.05, 3.63) is 0 Å². The minimum absolute atomic E-state index is 0.502. The van der Waals surface area contributed by atoms with E-state index in [1.165, 1.54) is 45.4 Å². The van der Waals surface area contributed by atoms with Crippen LogP contribution in [0, 0.1) is 5.92 Å². The Balaban J connectivity index is 1.90. The Labute approximate surface area is 93.2 Å². The fourth-order valence-electron chi connectivity index (χ4n) is 3.21. The number of likely N-dealkylation sites (tertiary alicyclic amines) is 1. The average Bonchev–Trinajstić information content (AvgIpc) is 2.80. The van der Waals surface area contributed by atoms with Gasteiger partial charge >= 0.3 is 0 Å². The molecular weight excluding hydrogens is 188 g/mol. The molecule has 0 amide bonds. The van der Waals surface area contributed by atoms with Crippen molar-refractivity contribution in [3.63, 3.8) is 0 Å². The Kier molecular flexibility index (Phi) is 3.65. The van der Waals surface area contributed by atoms with Crippen molar-refractivity contribution in [1.82, 2.24) is 10.2 Å². The van der Waals surface area contributed by atoms with Gasteiger partial charge in [-0.3, -0.25) is 4.90 Å². The van der Waals surface area contributed by atoms with E-state index in [0.29, 0.717) is 11.5 Å². The summed E-state index contributed by atoms with van der Waals surface area (Å²) in [6.07, 6.45) is 4.10. The summed E-state index contributed by atoms with van der Waals surface area (Å²) in [4.78, 5) is 2.71. The van der Waals surface area contributed by atoms with Gasteiger partial charge < -0.3 is 10.1 Å². The molecule has 0 aromatic rings. The van der Waals surface area contributed by atoms with Gasteiger partial charge in [0.25, 0.3) is 0 Å². The lowest BCUT2D eigenvalue weighted by Gasteiger charge is -2.36. The van der Waals surface area contributed by atoms with E-state index in [1.54, 1.807) is 7.11 Å². The molecule has 0 bridgehead atoms. The maximum Gasteiger partial charge on any atom is 0.0500 e. The van der Waals surface area contributed by atoms with Crippen LogP contribution in [0.15, 0.2) is 0 Å². The third-order valence-electron chi connectivity index (χ3n) is 3.95. The number of nitrogens with zero attached hydrogens (tertiary/aromatic N) is 1. The number of ether oxygens (including phenoxy) is 1. The van der Waals surface area contributed by atoms with Crippen LogP contribution < -0.4 is 5.32 Å². The minimum Gasteiger partial charge on any atom is -0.384 e. The molecule has 0 saturated carbocycles. The number of hydrogen-bond acceptors (Lipinski definition) is 3. The van der Waals surface area contributed by atoms with Crippen molar-refractivity contribution in [1.29, 1.82) is 0 Å². The Morgan fingerprint density at radius 1 is 1.47 bits per heavy atom. The Hall–Kier alpha value is -0.120. The lowest BCUT2D eigenvalue weighted by Crippen LogP contribution is -2.47. The zero-order chi connectivity index (χ0) is 10.7. The molecule has 15 heavy (non-hydrogen) atoms. The quantitative estimate of drug-likeness (QED) is 0.755. The number of rotatable bonds is 4. The smallest absolute Gasteiger partial charge is 0.0500 e. The van der Waals surface area contributed by atoms with Crippen molar-refractivity contribution in [3.8, 4) is 0 Å². The van der Waals surface area contributed by atoms with Gasteiger partial charge in [-0.25, -0.2) is 0 Å². The zero-order valence-electron chi connectivity index (χ0n) is 10.1. The van der Waals surface area contributed by atoms with Gasteiger partial charge in [0.05, 0.1) is 0 Å². The molecule has 0 aromatic heterocycles. The van der Waals surface area contributed by atoms with Crippen LogP contribution in [0.4, 0.5) is 0 Å². The highest BCUT2D eigenvalue weighted by Gasteiger charge is 2.42. The largest absolute Gasteiger partial charge is 0.384 e. The first-order valence-corrected chi connectivity index (χ1v) is 6.21. The molecule has 3 heteroatoms. The SMILES string of the molecule is COCC(C)CN1CCCC12CCNC2. The van der Waals surface area contributed by atoms with Crippen LogP contribution in [0.25, 0.3) is 0 Å². The van der Waals surface area contributed by atoms with Crippen LogP contribution in [0.5, 0.6) is 0 Å². The van der Waals surface area contributed by atoms with Crippen molar-refractivity contribution in [2.45, 2.75) is 31.7 Å². The molecule has 2 rings (SSSR count). The molecule has 2 atom stereocenters. The van der Waals surface area contributed by atoms with E-state index in [-0.39, 0.29) is 0 Å². The summed E-state index contributed by atoms with van der Waals surface area (Å²) in [5, 5.41) is 3.52. The van der Waals surface area contributed by atoms with Crippen molar-refractivity contribution in [2.24, 2.45) is 5.92 Å². The van der Waals surface area contributed by atoms with Crippen LogP contribution in [0.2, 0.25) is 0 Å². The summed E-state index contributed by atoms with van der Waals surface area (Å²) >= 11 is 0. The fourth-order valence-corrected chi connectivity index (χ4v) is 3.21. The summed E-state index contributed by atoms with van der Waals surface area (Å²) in [7, 11) is 1.80. The van der Waals surface area contributed by atoms with Crippen molar-refractivity contribution in [2.75, 3.05) is 39.9 Å². The zero-order valence-corrected chi connectivity index (χ0v) is 10.1. The molecule has 88 valence electrons. The van der Waals surface area contributed by atoms with Gasteiger partial charge in [-0.2, -0.15) is 0 Å².